The first-order valence-electron chi connectivity index (χ1n) is 6.28. The fourth-order valence-corrected chi connectivity index (χ4v) is 2.37. The van der Waals surface area contributed by atoms with Crippen LogP contribution < -0.4 is 5.73 Å². The van der Waals surface area contributed by atoms with Crippen LogP contribution in [0.4, 0.5) is 0 Å². The molecule has 16 heavy (non-hydrogen) atoms. The van der Waals surface area contributed by atoms with E-state index in [9.17, 15) is 4.79 Å². The number of nitrogens with two attached hydrogens (primary N) is 1. The van der Waals surface area contributed by atoms with Crippen LogP contribution >= 0.6 is 0 Å². The lowest BCUT2D eigenvalue weighted by molar-refractivity contribution is -0.158. The van der Waals surface area contributed by atoms with Crippen molar-refractivity contribution in [1.29, 1.82) is 0 Å². The lowest BCUT2D eigenvalue weighted by atomic mass is 9.79. The van der Waals surface area contributed by atoms with E-state index in [1.54, 1.807) is 0 Å². The molecule has 3 unspecified atom stereocenters. The second kappa shape index (κ2) is 5.17. The molecule has 0 bridgehead atoms. The molecule has 0 aromatic rings. The number of hydrogen-bond acceptors (Lipinski definition) is 3. The minimum Gasteiger partial charge on any atom is -0.459 e. The van der Waals surface area contributed by atoms with E-state index in [0.29, 0.717) is 11.8 Å². The van der Waals surface area contributed by atoms with Crippen molar-refractivity contribution in [3.05, 3.63) is 0 Å². The molecular formula is C13H25NO2. The van der Waals surface area contributed by atoms with Crippen LogP contribution in [0.15, 0.2) is 0 Å². The third-order valence-electron chi connectivity index (χ3n) is 3.16. The zero-order chi connectivity index (χ0) is 12.3. The van der Waals surface area contributed by atoms with E-state index in [-0.39, 0.29) is 5.97 Å². The Labute approximate surface area is 98.7 Å². The highest BCUT2D eigenvalue weighted by Crippen LogP contribution is 2.30. The quantitative estimate of drug-likeness (QED) is 0.737. The van der Waals surface area contributed by atoms with Crippen LogP contribution in [0.3, 0.4) is 0 Å². The van der Waals surface area contributed by atoms with Crippen LogP contribution in [0.1, 0.15) is 53.4 Å². The molecule has 1 rings (SSSR count). The highest BCUT2D eigenvalue weighted by atomic mass is 16.6. The minimum absolute atomic E-state index is 0.244. The van der Waals surface area contributed by atoms with Gasteiger partial charge in [-0.3, -0.25) is 4.79 Å². The summed E-state index contributed by atoms with van der Waals surface area (Å²) in [5.41, 5.74) is 5.55. The Morgan fingerprint density at radius 1 is 1.38 bits per heavy atom. The van der Waals surface area contributed by atoms with Gasteiger partial charge in [-0.2, -0.15) is 0 Å². The fourth-order valence-electron chi connectivity index (χ4n) is 2.37. The Kier molecular flexibility index (Phi) is 4.36. The van der Waals surface area contributed by atoms with Crippen molar-refractivity contribution in [3.8, 4) is 0 Å². The average Bonchev–Trinajstić information content (AvgIpc) is 2.14. The van der Waals surface area contributed by atoms with Gasteiger partial charge in [-0.05, 0) is 45.4 Å². The number of carbonyl (C=O) groups excluding carboxylic acids is 1. The van der Waals surface area contributed by atoms with E-state index >= 15 is 0 Å². The molecular weight excluding hydrogens is 202 g/mol. The van der Waals surface area contributed by atoms with E-state index in [1.165, 1.54) is 12.8 Å². The number of rotatable bonds is 2. The summed E-state index contributed by atoms with van der Waals surface area (Å²) in [5, 5.41) is 0. The summed E-state index contributed by atoms with van der Waals surface area (Å²) in [4.78, 5) is 11.8. The van der Waals surface area contributed by atoms with Crippen molar-refractivity contribution in [2.45, 2.75) is 65.0 Å². The van der Waals surface area contributed by atoms with Crippen molar-refractivity contribution >= 4 is 5.97 Å². The van der Waals surface area contributed by atoms with E-state index < -0.39 is 11.6 Å². The molecule has 3 heteroatoms. The zero-order valence-corrected chi connectivity index (χ0v) is 11.0. The summed E-state index contributed by atoms with van der Waals surface area (Å²) in [6.07, 6.45) is 4.56. The second-order valence-corrected chi connectivity index (χ2v) is 6.09. The van der Waals surface area contributed by atoms with Crippen molar-refractivity contribution in [3.63, 3.8) is 0 Å². The molecule has 1 fully saturated rings. The van der Waals surface area contributed by atoms with Gasteiger partial charge >= 0.3 is 5.97 Å². The van der Waals surface area contributed by atoms with E-state index in [0.717, 1.165) is 12.8 Å². The molecule has 0 spiro atoms. The summed E-state index contributed by atoms with van der Waals surface area (Å²) in [7, 11) is 0. The van der Waals surface area contributed by atoms with Crippen molar-refractivity contribution in [2.75, 3.05) is 0 Å². The Hall–Kier alpha value is -0.570. The molecule has 1 aliphatic carbocycles. The molecule has 0 radical (unpaired) electrons. The maximum absolute atomic E-state index is 11.8. The van der Waals surface area contributed by atoms with Gasteiger partial charge in [0.25, 0.3) is 0 Å². The smallest absolute Gasteiger partial charge is 0.323 e. The zero-order valence-electron chi connectivity index (χ0n) is 11.0. The standard InChI is InChI=1S/C13H25NO2/c1-9-6-5-7-10(8-9)11(14)12(15)16-13(2,3)4/h9-11H,5-8,14H2,1-4H3. The maximum Gasteiger partial charge on any atom is 0.323 e. The Morgan fingerprint density at radius 3 is 2.50 bits per heavy atom. The Balaban J connectivity index is 2.49. The van der Waals surface area contributed by atoms with Gasteiger partial charge in [0.05, 0.1) is 0 Å². The van der Waals surface area contributed by atoms with Gasteiger partial charge in [0, 0.05) is 0 Å². The van der Waals surface area contributed by atoms with Gasteiger partial charge in [-0.15, -0.1) is 0 Å². The molecule has 2 N–H and O–H groups in total. The molecule has 0 aromatic heterocycles. The molecule has 0 amide bonds. The van der Waals surface area contributed by atoms with Crippen LogP contribution in [-0.4, -0.2) is 17.6 Å². The van der Waals surface area contributed by atoms with Crippen LogP contribution in [-0.2, 0) is 9.53 Å². The van der Waals surface area contributed by atoms with Gasteiger partial charge in [-0.25, -0.2) is 0 Å². The fraction of sp³-hybridized carbons (Fsp3) is 0.923. The summed E-state index contributed by atoms with van der Waals surface area (Å²) in [6, 6.07) is -0.443. The maximum atomic E-state index is 11.8. The van der Waals surface area contributed by atoms with Crippen LogP contribution in [0, 0.1) is 11.8 Å². The first kappa shape index (κ1) is 13.5. The van der Waals surface area contributed by atoms with Crippen LogP contribution in [0.2, 0.25) is 0 Å². The number of esters is 1. The Morgan fingerprint density at radius 2 is 2.00 bits per heavy atom. The molecule has 0 saturated heterocycles. The van der Waals surface area contributed by atoms with Crippen LogP contribution in [0.5, 0.6) is 0 Å². The second-order valence-electron chi connectivity index (χ2n) is 6.09. The van der Waals surface area contributed by atoms with Crippen molar-refractivity contribution in [2.24, 2.45) is 17.6 Å². The molecule has 1 aliphatic rings. The average molecular weight is 227 g/mol. The topological polar surface area (TPSA) is 52.3 Å². The van der Waals surface area contributed by atoms with Gasteiger partial charge in [0.1, 0.15) is 11.6 Å². The van der Waals surface area contributed by atoms with Crippen molar-refractivity contribution in [1.82, 2.24) is 0 Å². The lowest BCUT2D eigenvalue weighted by Gasteiger charge is -2.31. The summed E-state index contributed by atoms with van der Waals surface area (Å²) >= 11 is 0. The third kappa shape index (κ3) is 4.12. The molecule has 94 valence electrons. The van der Waals surface area contributed by atoms with E-state index in [1.807, 2.05) is 20.8 Å². The Bertz CT molecular complexity index is 245. The minimum atomic E-state index is -0.443. The van der Waals surface area contributed by atoms with Crippen molar-refractivity contribution < 1.29 is 9.53 Å². The third-order valence-corrected chi connectivity index (χ3v) is 3.16. The number of carbonyl (C=O) groups is 1. The molecule has 3 atom stereocenters. The summed E-state index contributed by atoms with van der Waals surface area (Å²) in [5.74, 6) is 0.748. The predicted octanol–water partition coefficient (Wildman–Crippen LogP) is 2.48. The number of hydrogen-bond donors (Lipinski definition) is 1. The van der Waals surface area contributed by atoms with Gasteiger partial charge < -0.3 is 10.5 Å². The highest BCUT2D eigenvalue weighted by Gasteiger charge is 2.31. The first-order valence-corrected chi connectivity index (χ1v) is 6.28. The molecule has 0 heterocycles. The summed E-state index contributed by atoms with van der Waals surface area (Å²) in [6.45, 7) is 7.86. The van der Waals surface area contributed by atoms with E-state index in [4.69, 9.17) is 10.5 Å². The first-order chi connectivity index (χ1) is 7.29. The normalized spacial score (nSPS) is 28.6. The number of ether oxygens (including phenoxy) is 1. The molecule has 0 aromatic carbocycles. The lowest BCUT2D eigenvalue weighted by Crippen LogP contribution is -2.43. The highest BCUT2D eigenvalue weighted by molar-refractivity contribution is 5.76. The van der Waals surface area contributed by atoms with Gasteiger partial charge in [-0.1, -0.05) is 19.8 Å². The molecule has 0 aliphatic heterocycles. The molecule has 1 saturated carbocycles. The SMILES string of the molecule is CC1CCCC(C(N)C(=O)OC(C)(C)C)C1. The van der Waals surface area contributed by atoms with E-state index in [2.05, 4.69) is 6.92 Å². The summed E-state index contributed by atoms with van der Waals surface area (Å²) < 4.78 is 5.32. The predicted molar refractivity (Wildman–Crippen MR) is 64.9 cm³/mol. The van der Waals surface area contributed by atoms with Gasteiger partial charge in [0.15, 0.2) is 0 Å². The van der Waals surface area contributed by atoms with Gasteiger partial charge in [0.2, 0.25) is 0 Å². The van der Waals surface area contributed by atoms with Crippen LogP contribution in [0.25, 0.3) is 0 Å². The monoisotopic (exact) mass is 227 g/mol. The molecule has 3 nitrogen and oxygen atoms in total. The largest absolute Gasteiger partial charge is 0.459 e.